The quantitative estimate of drug-likeness (QED) is 0.611. The van der Waals surface area contributed by atoms with Crippen LogP contribution in [0, 0.1) is 5.92 Å². The van der Waals surface area contributed by atoms with Crippen molar-refractivity contribution in [1.82, 2.24) is 15.0 Å². The van der Waals surface area contributed by atoms with Gasteiger partial charge in [-0.3, -0.25) is 0 Å². The minimum absolute atomic E-state index is 0.815. The lowest BCUT2D eigenvalue weighted by Gasteiger charge is -2.07. The fourth-order valence-electron chi connectivity index (χ4n) is 2.03. The molecule has 0 saturated carbocycles. The summed E-state index contributed by atoms with van der Waals surface area (Å²) >= 11 is 0. The molecule has 98 valence electrons. The Morgan fingerprint density at radius 3 is 2.71 bits per heavy atom. The monoisotopic (exact) mass is 237 g/mol. The van der Waals surface area contributed by atoms with Gasteiger partial charge in [-0.25, -0.2) is 4.68 Å². The maximum absolute atomic E-state index is 4.18. The number of hydrogen-bond acceptors (Lipinski definition) is 2. The molecule has 0 aliphatic carbocycles. The predicted molar refractivity (Wildman–Crippen MR) is 71.9 cm³/mol. The second-order valence-corrected chi connectivity index (χ2v) is 5.30. The van der Waals surface area contributed by atoms with Crippen molar-refractivity contribution in [1.29, 1.82) is 0 Å². The molecule has 1 aromatic heterocycles. The molecule has 1 aromatic rings. The highest BCUT2D eigenvalue weighted by atomic mass is 15.4. The normalized spacial score (nSPS) is 11.3. The van der Waals surface area contributed by atoms with E-state index < -0.39 is 0 Å². The minimum Gasteiger partial charge on any atom is -0.249 e. The summed E-state index contributed by atoms with van der Waals surface area (Å²) < 4.78 is 2.09. The molecule has 17 heavy (non-hydrogen) atoms. The first-order chi connectivity index (χ1) is 8.24. The zero-order chi connectivity index (χ0) is 12.5. The zero-order valence-corrected chi connectivity index (χ0v) is 11.7. The molecule has 0 atom stereocenters. The molecule has 3 nitrogen and oxygen atoms in total. The summed E-state index contributed by atoms with van der Waals surface area (Å²) in [5.74, 6) is 0.815. The minimum atomic E-state index is 0.815. The Bertz CT molecular complexity index is 291. The fraction of sp³-hybridized carbons (Fsp3) is 0.857. The van der Waals surface area contributed by atoms with E-state index in [1.165, 1.54) is 44.2 Å². The van der Waals surface area contributed by atoms with Crippen LogP contribution in [0.2, 0.25) is 0 Å². The van der Waals surface area contributed by atoms with Gasteiger partial charge in [0.2, 0.25) is 0 Å². The van der Waals surface area contributed by atoms with Crippen LogP contribution in [-0.2, 0) is 13.0 Å². The highest BCUT2D eigenvalue weighted by molar-refractivity contribution is 4.93. The van der Waals surface area contributed by atoms with E-state index in [1.54, 1.807) is 0 Å². The van der Waals surface area contributed by atoms with Gasteiger partial charge in [-0.1, -0.05) is 51.7 Å². The molecule has 1 rings (SSSR count). The second kappa shape index (κ2) is 8.26. The van der Waals surface area contributed by atoms with Gasteiger partial charge in [-0.2, -0.15) is 0 Å². The van der Waals surface area contributed by atoms with E-state index in [1.807, 2.05) is 6.20 Å². The molecule has 3 heteroatoms. The lowest BCUT2D eigenvalue weighted by molar-refractivity contribution is 0.474. The van der Waals surface area contributed by atoms with Gasteiger partial charge >= 0.3 is 0 Å². The zero-order valence-electron chi connectivity index (χ0n) is 11.7. The van der Waals surface area contributed by atoms with Crippen LogP contribution in [-0.4, -0.2) is 15.0 Å². The summed E-state index contributed by atoms with van der Waals surface area (Å²) in [4.78, 5) is 0. The number of hydrogen-bond donors (Lipinski definition) is 0. The topological polar surface area (TPSA) is 30.7 Å². The summed E-state index contributed by atoms with van der Waals surface area (Å²) in [6.45, 7) is 7.84. The molecule has 0 aliphatic heterocycles. The Hall–Kier alpha value is -0.860. The van der Waals surface area contributed by atoms with Crippen molar-refractivity contribution in [2.45, 2.75) is 72.3 Å². The van der Waals surface area contributed by atoms with Crippen molar-refractivity contribution in [3.63, 3.8) is 0 Å². The number of aromatic nitrogens is 3. The van der Waals surface area contributed by atoms with Crippen molar-refractivity contribution in [2.24, 2.45) is 5.92 Å². The van der Waals surface area contributed by atoms with Gasteiger partial charge in [0.25, 0.3) is 0 Å². The van der Waals surface area contributed by atoms with Crippen molar-refractivity contribution in [3.8, 4) is 0 Å². The molecule has 0 bridgehead atoms. The van der Waals surface area contributed by atoms with Gasteiger partial charge in [-0.15, -0.1) is 5.10 Å². The smallest absolute Gasteiger partial charge is 0.0725 e. The van der Waals surface area contributed by atoms with Gasteiger partial charge in [-0.05, 0) is 25.2 Å². The SMILES string of the molecule is CCCCCc1cnnn1CCCCC(C)C. The first-order valence-corrected chi connectivity index (χ1v) is 7.11. The van der Waals surface area contributed by atoms with Crippen molar-refractivity contribution in [2.75, 3.05) is 0 Å². The summed E-state index contributed by atoms with van der Waals surface area (Å²) in [7, 11) is 0. The average molecular weight is 237 g/mol. The maximum atomic E-state index is 4.18. The van der Waals surface area contributed by atoms with Gasteiger partial charge in [0.05, 0.1) is 11.9 Å². The van der Waals surface area contributed by atoms with Crippen molar-refractivity contribution in [3.05, 3.63) is 11.9 Å². The highest BCUT2D eigenvalue weighted by Gasteiger charge is 2.03. The molecular formula is C14H27N3. The third-order valence-corrected chi connectivity index (χ3v) is 3.14. The summed E-state index contributed by atoms with van der Waals surface area (Å²) in [6.07, 6.45) is 10.7. The van der Waals surface area contributed by atoms with Crippen LogP contribution in [0.4, 0.5) is 0 Å². The molecule has 0 unspecified atom stereocenters. The Morgan fingerprint density at radius 2 is 2.00 bits per heavy atom. The first kappa shape index (κ1) is 14.2. The number of rotatable bonds is 9. The third-order valence-electron chi connectivity index (χ3n) is 3.14. The van der Waals surface area contributed by atoms with E-state index in [-0.39, 0.29) is 0 Å². The molecule has 0 radical (unpaired) electrons. The highest BCUT2D eigenvalue weighted by Crippen LogP contribution is 2.09. The van der Waals surface area contributed by atoms with Crippen LogP contribution in [0.1, 0.15) is 65.0 Å². The van der Waals surface area contributed by atoms with Crippen molar-refractivity contribution >= 4 is 0 Å². The molecule has 0 amide bonds. The van der Waals surface area contributed by atoms with E-state index in [0.717, 1.165) is 18.9 Å². The Kier molecular flexibility index (Phi) is 6.90. The van der Waals surface area contributed by atoms with Crippen LogP contribution in [0.3, 0.4) is 0 Å². The summed E-state index contributed by atoms with van der Waals surface area (Å²) in [6, 6.07) is 0. The van der Waals surface area contributed by atoms with Gasteiger partial charge in [0, 0.05) is 6.54 Å². The number of nitrogens with zero attached hydrogens (tertiary/aromatic N) is 3. The Balaban J connectivity index is 2.25. The predicted octanol–water partition coefficient (Wildman–Crippen LogP) is 3.84. The molecule has 1 heterocycles. The van der Waals surface area contributed by atoms with E-state index >= 15 is 0 Å². The van der Waals surface area contributed by atoms with Crippen LogP contribution < -0.4 is 0 Å². The Labute approximate surface area is 106 Å². The van der Waals surface area contributed by atoms with E-state index in [2.05, 4.69) is 35.8 Å². The van der Waals surface area contributed by atoms with E-state index in [0.29, 0.717) is 0 Å². The van der Waals surface area contributed by atoms with Gasteiger partial charge in [0.15, 0.2) is 0 Å². The first-order valence-electron chi connectivity index (χ1n) is 7.11. The standard InChI is InChI=1S/C14H27N3/c1-4-5-6-10-14-12-15-16-17(14)11-8-7-9-13(2)3/h12-13H,4-11H2,1-3H3. The average Bonchev–Trinajstić information content (AvgIpc) is 2.72. The third kappa shape index (κ3) is 5.85. The molecule has 0 N–H and O–H groups in total. The number of unbranched alkanes of at least 4 members (excludes halogenated alkanes) is 3. The molecule has 0 aliphatic rings. The molecule has 0 spiro atoms. The lowest BCUT2D eigenvalue weighted by Crippen LogP contribution is -2.06. The molecular weight excluding hydrogens is 210 g/mol. The molecule has 0 fully saturated rings. The van der Waals surface area contributed by atoms with Crippen molar-refractivity contribution < 1.29 is 0 Å². The second-order valence-electron chi connectivity index (χ2n) is 5.30. The van der Waals surface area contributed by atoms with Crippen LogP contribution in [0.5, 0.6) is 0 Å². The van der Waals surface area contributed by atoms with Gasteiger partial charge in [0.1, 0.15) is 0 Å². The largest absolute Gasteiger partial charge is 0.249 e. The molecule has 0 saturated heterocycles. The number of aryl methyl sites for hydroxylation is 2. The summed E-state index contributed by atoms with van der Waals surface area (Å²) in [5, 5.41) is 8.21. The van der Waals surface area contributed by atoms with Crippen LogP contribution in [0.15, 0.2) is 6.20 Å². The molecule has 0 aromatic carbocycles. The van der Waals surface area contributed by atoms with E-state index in [4.69, 9.17) is 0 Å². The van der Waals surface area contributed by atoms with Gasteiger partial charge < -0.3 is 0 Å². The van der Waals surface area contributed by atoms with E-state index in [9.17, 15) is 0 Å². The fourth-order valence-corrected chi connectivity index (χ4v) is 2.03. The lowest BCUT2D eigenvalue weighted by atomic mass is 10.1. The van der Waals surface area contributed by atoms with Crippen LogP contribution >= 0.6 is 0 Å². The Morgan fingerprint density at radius 1 is 1.18 bits per heavy atom. The summed E-state index contributed by atoms with van der Waals surface area (Å²) in [5.41, 5.74) is 1.31. The maximum Gasteiger partial charge on any atom is 0.0725 e. The van der Waals surface area contributed by atoms with Crippen LogP contribution in [0.25, 0.3) is 0 Å².